The van der Waals surface area contributed by atoms with E-state index in [1.807, 2.05) is 6.07 Å². The maximum absolute atomic E-state index is 12.2. The number of ether oxygens (including phenoxy) is 1. The SMILES string of the molecule is COc1cc2ncc(C(N)=O)c(Nc3cccc(Cl)c3Cl)c2cc1N1CCN(C(=O)CO)CC1. The zero-order valence-electron chi connectivity index (χ0n) is 18.3. The minimum Gasteiger partial charge on any atom is -0.495 e. The van der Waals surface area contributed by atoms with E-state index in [4.69, 9.17) is 38.8 Å². The second kappa shape index (κ2) is 9.92. The van der Waals surface area contributed by atoms with Crippen molar-refractivity contribution in [1.29, 1.82) is 0 Å². The highest BCUT2D eigenvalue weighted by atomic mass is 35.5. The number of aliphatic hydroxyl groups excluding tert-OH is 1. The van der Waals surface area contributed by atoms with Gasteiger partial charge in [-0.25, -0.2) is 0 Å². The Morgan fingerprint density at radius 2 is 1.94 bits per heavy atom. The molecule has 1 saturated heterocycles. The fraction of sp³-hybridized carbons (Fsp3) is 0.261. The number of rotatable bonds is 6. The average molecular weight is 504 g/mol. The van der Waals surface area contributed by atoms with Crippen LogP contribution in [0.25, 0.3) is 10.9 Å². The molecule has 1 aromatic heterocycles. The number of nitrogens with zero attached hydrogens (tertiary/aromatic N) is 3. The van der Waals surface area contributed by atoms with Gasteiger partial charge < -0.3 is 30.7 Å². The Kier molecular flexibility index (Phi) is 6.97. The minimum atomic E-state index is -0.649. The summed E-state index contributed by atoms with van der Waals surface area (Å²) in [5, 5.41) is 13.7. The lowest BCUT2D eigenvalue weighted by Crippen LogP contribution is -2.49. The minimum absolute atomic E-state index is 0.193. The highest BCUT2D eigenvalue weighted by molar-refractivity contribution is 6.43. The number of nitrogens with two attached hydrogens (primary N) is 1. The summed E-state index contributed by atoms with van der Waals surface area (Å²) in [6.45, 7) is 1.49. The van der Waals surface area contributed by atoms with Crippen LogP contribution in [0.15, 0.2) is 36.5 Å². The molecule has 2 amide bonds. The van der Waals surface area contributed by atoms with Crippen molar-refractivity contribution in [1.82, 2.24) is 9.88 Å². The fourth-order valence-corrected chi connectivity index (χ4v) is 4.32. The molecule has 4 rings (SSSR count). The number of benzene rings is 2. The molecule has 9 nitrogen and oxygen atoms in total. The van der Waals surface area contributed by atoms with Crippen molar-refractivity contribution in [2.24, 2.45) is 5.73 Å². The van der Waals surface area contributed by atoms with Crippen molar-refractivity contribution in [3.63, 3.8) is 0 Å². The number of carbonyl (C=O) groups excluding carboxylic acids is 2. The monoisotopic (exact) mass is 503 g/mol. The van der Waals surface area contributed by atoms with Crippen LogP contribution < -0.4 is 20.7 Å². The molecule has 0 aliphatic carbocycles. The number of primary amides is 1. The van der Waals surface area contributed by atoms with Gasteiger partial charge in [0.15, 0.2) is 0 Å². The average Bonchev–Trinajstić information content (AvgIpc) is 2.85. The van der Waals surface area contributed by atoms with Gasteiger partial charge in [0.25, 0.3) is 5.91 Å². The van der Waals surface area contributed by atoms with Crippen molar-refractivity contribution in [2.45, 2.75) is 0 Å². The number of piperazine rings is 1. The molecule has 2 aromatic carbocycles. The van der Waals surface area contributed by atoms with Crippen LogP contribution in [0.1, 0.15) is 10.4 Å². The number of nitrogens with one attached hydrogen (secondary N) is 1. The maximum Gasteiger partial charge on any atom is 0.252 e. The number of hydrogen-bond donors (Lipinski definition) is 3. The summed E-state index contributed by atoms with van der Waals surface area (Å²) >= 11 is 12.5. The summed E-state index contributed by atoms with van der Waals surface area (Å²) < 4.78 is 5.62. The number of pyridine rings is 1. The van der Waals surface area contributed by atoms with Crippen molar-refractivity contribution in [3.05, 3.63) is 52.1 Å². The third-order valence-electron chi connectivity index (χ3n) is 5.75. The van der Waals surface area contributed by atoms with E-state index >= 15 is 0 Å². The van der Waals surface area contributed by atoms with Crippen LogP contribution in [-0.2, 0) is 4.79 Å². The van der Waals surface area contributed by atoms with Gasteiger partial charge in [0.05, 0.1) is 45.3 Å². The summed E-state index contributed by atoms with van der Waals surface area (Å²) in [5.41, 5.74) is 8.16. The normalized spacial score (nSPS) is 13.8. The summed E-state index contributed by atoms with van der Waals surface area (Å²) in [7, 11) is 1.57. The molecule has 1 fully saturated rings. The first-order valence-corrected chi connectivity index (χ1v) is 11.2. The highest BCUT2D eigenvalue weighted by Crippen LogP contribution is 2.39. The number of hydrogen-bond acceptors (Lipinski definition) is 7. The topological polar surface area (TPSA) is 121 Å². The van der Waals surface area contributed by atoms with Gasteiger partial charge in [-0.05, 0) is 18.2 Å². The Hall–Kier alpha value is -3.27. The summed E-state index contributed by atoms with van der Waals surface area (Å²) in [6.07, 6.45) is 1.41. The Bertz CT molecular complexity index is 1260. The predicted molar refractivity (Wildman–Crippen MR) is 132 cm³/mol. The van der Waals surface area contributed by atoms with E-state index in [9.17, 15) is 9.59 Å². The molecule has 1 aliphatic rings. The molecule has 0 spiro atoms. The first-order valence-electron chi connectivity index (χ1n) is 10.5. The number of fused-ring (bicyclic) bond motifs is 1. The molecule has 4 N–H and O–H groups in total. The quantitative estimate of drug-likeness (QED) is 0.472. The smallest absolute Gasteiger partial charge is 0.252 e. The van der Waals surface area contributed by atoms with E-state index in [0.717, 1.165) is 5.69 Å². The largest absolute Gasteiger partial charge is 0.495 e. The zero-order valence-corrected chi connectivity index (χ0v) is 19.9. The van der Waals surface area contributed by atoms with Crippen LogP contribution in [0, 0.1) is 0 Å². The summed E-state index contributed by atoms with van der Waals surface area (Å²) in [6, 6.07) is 8.81. The Labute approximate surface area is 206 Å². The van der Waals surface area contributed by atoms with Gasteiger partial charge in [-0.1, -0.05) is 29.3 Å². The Morgan fingerprint density at radius 3 is 2.59 bits per heavy atom. The van der Waals surface area contributed by atoms with Crippen LogP contribution in [0.4, 0.5) is 17.1 Å². The van der Waals surface area contributed by atoms with Crippen molar-refractivity contribution < 1.29 is 19.4 Å². The third kappa shape index (κ3) is 4.54. The molecule has 0 unspecified atom stereocenters. The Balaban J connectivity index is 1.81. The lowest BCUT2D eigenvalue weighted by atomic mass is 10.1. The highest BCUT2D eigenvalue weighted by Gasteiger charge is 2.24. The van der Waals surface area contributed by atoms with Crippen molar-refractivity contribution in [2.75, 3.05) is 50.1 Å². The van der Waals surface area contributed by atoms with Gasteiger partial charge in [-0.2, -0.15) is 0 Å². The van der Waals surface area contributed by atoms with Crippen molar-refractivity contribution in [3.8, 4) is 5.75 Å². The summed E-state index contributed by atoms with van der Waals surface area (Å²) in [4.78, 5) is 32.2. The fourth-order valence-electron chi connectivity index (χ4n) is 3.97. The molecular formula is C23H23Cl2N5O4. The molecule has 34 heavy (non-hydrogen) atoms. The zero-order chi connectivity index (χ0) is 24.4. The van der Waals surface area contributed by atoms with E-state index in [1.165, 1.54) is 6.20 Å². The van der Waals surface area contributed by atoms with Gasteiger partial charge in [0, 0.05) is 43.8 Å². The number of methoxy groups -OCH3 is 1. The summed E-state index contributed by atoms with van der Waals surface area (Å²) in [5.74, 6) is -0.352. The number of aliphatic hydroxyl groups is 1. The molecule has 0 saturated carbocycles. The van der Waals surface area contributed by atoms with Crippen LogP contribution in [0.2, 0.25) is 10.0 Å². The van der Waals surface area contributed by atoms with Gasteiger partial charge in [-0.15, -0.1) is 0 Å². The maximum atomic E-state index is 12.2. The van der Waals surface area contributed by atoms with E-state index in [2.05, 4.69) is 15.2 Å². The first kappa shape index (κ1) is 23.9. The second-order valence-corrected chi connectivity index (χ2v) is 8.49. The van der Waals surface area contributed by atoms with Crippen LogP contribution in [-0.4, -0.2) is 66.7 Å². The molecule has 3 aromatic rings. The lowest BCUT2D eigenvalue weighted by molar-refractivity contribution is -0.134. The third-order valence-corrected chi connectivity index (χ3v) is 6.57. The van der Waals surface area contributed by atoms with E-state index in [1.54, 1.807) is 36.3 Å². The van der Waals surface area contributed by atoms with Crippen LogP contribution >= 0.6 is 23.2 Å². The number of carbonyl (C=O) groups is 2. The van der Waals surface area contributed by atoms with Crippen LogP contribution in [0.5, 0.6) is 5.75 Å². The Morgan fingerprint density at radius 1 is 1.21 bits per heavy atom. The molecule has 0 atom stereocenters. The number of amides is 2. The number of aromatic nitrogens is 1. The van der Waals surface area contributed by atoms with E-state index in [0.29, 0.717) is 64.3 Å². The second-order valence-electron chi connectivity index (χ2n) is 7.70. The van der Waals surface area contributed by atoms with Crippen molar-refractivity contribution >= 4 is 63.0 Å². The molecule has 2 heterocycles. The molecule has 11 heteroatoms. The van der Waals surface area contributed by atoms with Crippen LogP contribution in [0.3, 0.4) is 0 Å². The van der Waals surface area contributed by atoms with Gasteiger partial charge in [-0.3, -0.25) is 14.6 Å². The van der Waals surface area contributed by atoms with Gasteiger partial charge >= 0.3 is 0 Å². The molecule has 1 aliphatic heterocycles. The van der Waals surface area contributed by atoms with E-state index in [-0.39, 0.29) is 11.5 Å². The lowest BCUT2D eigenvalue weighted by Gasteiger charge is -2.36. The van der Waals surface area contributed by atoms with Gasteiger partial charge in [0.2, 0.25) is 5.91 Å². The standard InChI is InChI=1S/C23H23Cl2N5O4/c1-34-19-10-17-13(9-18(19)29-5-7-30(8-6-29)20(32)12-31)22(14(11-27-17)23(26)33)28-16-4-2-3-15(24)21(16)25/h2-4,9-11,31H,5-8,12H2,1H3,(H2,26,33)(H,27,28). The predicted octanol–water partition coefficient (Wildman–Crippen LogP) is 3.03. The molecular weight excluding hydrogens is 481 g/mol. The first-order chi connectivity index (χ1) is 16.3. The molecule has 0 radical (unpaired) electrons. The molecule has 0 bridgehead atoms. The van der Waals surface area contributed by atoms with Gasteiger partial charge in [0.1, 0.15) is 12.4 Å². The number of halogens is 2. The number of anilines is 3. The van der Waals surface area contributed by atoms with E-state index < -0.39 is 12.5 Å². The molecule has 178 valence electrons.